The molecule has 7 heteroatoms. The number of rotatable bonds is 4. The van der Waals surface area contributed by atoms with Gasteiger partial charge in [0.25, 0.3) is 0 Å². The molecule has 2 unspecified atom stereocenters. The minimum atomic E-state index is -0.743. The van der Waals surface area contributed by atoms with E-state index in [4.69, 9.17) is 17.0 Å². The van der Waals surface area contributed by atoms with Crippen molar-refractivity contribution in [2.24, 2.45) is 10.2 Å². The van der Waals surface area contributed by atoms with E-state index in [2.05, 4.69) is 10.2 Å². The van der Waals surface area contributed by atoms with E-state index in [1.807, 2.05) is 6.92 Å². The fourth-order valence-corrected chi connectivity index (χ4v) is 2.13. The molecule has 1 aliphatic heterocycles. The molecular formula is C12H13F2N3OS. The molecule has 0 bridgehead atoms. The van der Waals surface area contributed by atoms with Crippen LogP contribution >= 0.6 is 12.2 Å². The van der Waals surface area contributed by atoms with Gasteiger partial charge in [-0.1, -0.05) is 0 Å². The van der Waals surface area contributed by atoms with E-state index in [-0.39, 0.29) is 11.9 Å². The van der Waals surface area contributed by atoms with Crippen molar-refractivity contribution >= 4 is 17.3 Å². The Balaban J connectivity index is 2.11. The molecule has 1 heterocycles. The highest BCUT2D eigenvalue weighted by Crippen LogP contribution is 2.23. The normalized spacial score (nSPS) is 19.9. The maximum atomic E-state index is 13.5. The van der Waals surface area contributed by atoms with E-state index in [1.54, 1.807) is 11.8 Å². The summed E-state index contributed by atoms with van der Waals surface area (Å²) >= 11 is 5.03. The summed E-state index contributed by atoms with van der Waals surface area (Å²) in [7, 11) is 0. The number of azo groups is 1. The fourth-order valence-electron chi connectivity index (χ4n) is 1.84. The van der Waals surface area contributed by atoms with Crippen molar-refractivity contribution in [2.45, 2.75) is 26.1 Å². The Morgan fingerprint density at radius 2 is 2.21 bits per heavy atom. The SMILES string of the molecule is CCN1C(=S)N=NC1C(C)Oc1ccc(F)cc1F. The van der Waals surface area contributed by atoms with Crippen LogP contribution in [0.15, 0.2) is 28.4 Å². The summed E-state index contributed by atoms with van der Waals surface area (Å²) in [6.45, 7) is 4.29. The van der Waals surface area contributed by atoms with Gasteiger partial charge in [0, 0.05) is 12.6 Å². The average molecular weight is 285 g/mol. The first-order valence-corrected chi connectivity index (χ1v) is 6.27. The van der Waals surface area contributed by atoms with Crippen molar-refractivity contribution < 1.29 is 13.5 Å². The highest BCUT2D eigenvalue weighted by Gasteiger charge is 2.31. The number of benzene rings is 1. The molecule has 102 valence electrons. The minimum Gasteiger partial charge on any atom is -0.483 e. The van der Waals surface area contributed by atoms with Crippen LogP contribution in [0.5, 0.6) is 5.75 Å². The van der Waals surface area contributed by atoms with Crippen LogP contribution in [0.2, 0.25) is 0 Å². The van der Waals surface area contributed by atoms with Crippen molar-refractivity contribution in [3.05, 3.63) is 29.8 Å². The standard InChI is InChI=1S/C12H13F2N3OS/c1-3-17-11(15-16-12(17)19)7(2)18-10-5-4-8(13)6-9(10)14/h4-7,11H,3H2,1-2H3. The number of ether oxygens (including phenoxy) is 1. The molecule has 0 aliphatic carbocycles. The van der Waals surface area contributed by atoms with Gasteiger partial charge in [-0.3, -0.25) is 0 Å². The Morgan fingerprint density at radius 3 is 2.84 bits per heavy atom. The van der Waals surface area contributed by atoms with E-state index in [0.717, 1.165) is 12.1 Å². The maximum Gasteiger partial charge on any atom is 0.217 e. The summed E-state index contributed by atoms with van der Waals surface area (Å²) in [6, 6.07) is 3.17. The third-order valence-corrected chi connectivity index (χ3v) is 3.11. The molecule has 1 aliphatic rings. The molecule has 0 amide bonds. The van der Waals surface area contributed by atoms with Gasteiger partial charge in [-0.15, -0.1) is 5.11 Å². The molecule has 4 nitrogen and oxygen atoms in total. The van der Waals surface area contributed by atoms with E-state index < -0.39 is 17.7 Å². The van der Waals surface area contributed by atoms with Gasteiger partial charge in [0.15, 0.2) is 17.7 Å². The van der Waals surface area contributed by atoms with E-state index in [0.29, 0.717) is 11.7 Å². The van der Waals surface area contributed by atoms with Crippen LogP contribution in [0.4, 0.5) is 8.78 Å². The van der Waals surface area contributed by atoms with Gasteiger partial charge in [-0.05, 0) is 38.2 Å². The Kier molecular flexibility index (Phi) is 4.04. The summed E-state index contributed by atoms with van der Waals surface area (Å²) in [6.07, 6.45) is -0.842. The van der Waals surface area contributed by atoms with Crippen molar-refractivity contribution in [3.8, 4) is 5.75 Å². The van der Waals surface area contributed by atoms with Gasteiger partial charge in [-0.2, -0.15) is 5.11 Å². The summed E-state index contributed by atoms with van der Waals surface area (Å²) in [4.78, 5) is 1.78. The lowest BCUT2D eigenvalue weighted by Gasteiger charge is -2.26. The quantitative estimate of drug-likeness (QED) is 0.798. The maximum absolute atomic E-state index is 13.5. The second-order valence-corrected chi connectivity index (χ2v) is 4.46. The average Bonchev–Trinajstić information content (AvgIpc) is 2.74. The first-order valence-electron chi connectivity index (χ1n) is 5.86. The summed E-state index contributed by atoms with van der Waals surface area (Å²) in [5, 5.41) is 8.21. The zero-order chi connectivity index (χ0) is 14.0. The predicted octanol–water partition coefficient (Wildman–Crippen LogP) is 3.13. The molecule has 0 saturated carbocycles. The highest BCUT2D eigenvalue weighted by molar-refractivity contribution is 7.80. The topological polar surface area (TPSA) is 37.2 Å². The number of likely N-dealkylation sites (N-methyl/N-ethyl adjacent to an activating group) is 1. The Bertz CT molecular complexity index is 524. The molecule has 0 spiro atoms. The number of nitrogens with zero attached hydrogens (tertiary/aromatic N) is 3. The van der Waals surface area contributed by atoms with Crippen LogP contribution < -0.4 is 4.74 Å². The Labute approximate surface area is 115 Å². The van der Waals surface area contributed by atoms with Gasteiger partial charge >= 0.3 is 0 Å². The molecule has 0 saturated heterocycles. The summed E-state index contributed by atoms with van der Waals surface area (Å²) < 4.78 is 31.8. The van der Waals surface area contributed by atoms with E-state index >= 15 is 0 Å². The smallest absolute Gasteiger partial charge is 0.217 e. The van der Waals surface area contributed by atoms with Gasteiger partial charge in [0.2, 0.25) is 5.11 Å². The highest BCUT2D eigenvalue weighted by atomic mass is 32.1. The molecule has 0 radical (unpaired) electrons. The van der Waals surface area contributed by atoms with Crippen molar-refractivity contribution in [2.75, 3.05) is 6.54 Å². The third-order valence-electron chi connectivity index (χ3n) is 2.79. The molecule has 0 aromatic heterocycles. The van der Waals surface area contributed by atoms with Crippen LogP contribution in [0.3, 0.4) is 0 Å². The van der Waals surface area contributed by atoms with E-state index in [9.17, 15) is 8.78 Å². The van der Waals surface area contributed by atoms with Crippen LogP contribution in [0.25, 0.3) is 0 Å². The molecule has 1 aromatic rings. The lowest BCUT2D eigenvalue weighted by atomic mass is 10.2. The monoisotopic (exact) mass is 285 g/mol. The molecule has 2 rings (SSSR count). The molecule has 0 fully saturated rings. The van der Waals surface area contributed by atoms with Crippen LogP contribution in [-0.2, 0) is 0 Å². The zero-order valence-corrected chi connectivity index (χ0v) is 11.3. The Hall–Kier alpha value is -1.63. The molecule has 19 heavy (non-hydrogen) atoms. The molecule has 2 atom stereocenters. The summed E-state index contributed by atoms with van der Waals surface area (Å²) in [5.41, 5.74) is 0. The second-order valence-electron chi connectivity index (χ2n) is 4.10. The molecule has 1 aromatic carbocycles. The number of thiocarbonyl (C=S) groups is 1. The Morgan fingerprint density at radius 1 is 1.47 bits per heavy atom. The molecule has 0 N–H and O–H groups in total. The van der Waals surface area contributed by atoms with Gasteiger partial charge in [-0.25, -0.2) is 8.78 Å². The van der Waals surface area contributed by atoms with E-state index in [1.165, 1.54) is 6.07 Å². The van der Waals surface area contributed by atoms with Crippen LogP contribution in [0, 0.1) is 11.6 Å². The third kappa shape index (κ3) is 2.86. The van der Waals surface area contributed by atoms with Gasteiger partial charge in [0.05, 0.1) is 0 Å². The lowest BCUT2D eigenvalue weighted by molar-refractivity contribution is 0.128. The van der Waals surface area contributed by atoms with Crippen LogP contribution in [-0.4, -0.2) is 28.8 Å². The lowest BCUT2D eigenvalue weighted by Crippen LogP contribution is -2.42. The fraction of sp³-hybridized carbons (Fsp3) is 0.417. The van der Waals surface area contributed by atoms with Crippen molar-refractivity contribution in [3.63, 3.8) is 0 Å². The van der Waals surface area contributed by atoms with Crippen molar-refractivity contribution in [1.29, 1.82) is 0 Å². The zero-order valence-electron chi connectivity index (χ0n) is 10.5. The second kappa shape index (κ2) is 5.56. The molecular weight excluding hydrogens is 272 g/mol. The number of halogens is 2. The first-order chi connectivity index (χ1) is 9.02. The number of hydrogen-bond donors (Lipinski definition) is 0. The predicted molar refractivity (Wildman–Crippen MR) is 70.1 cm³/mol. The van der Waals surface area contributed by atoms with Crippen molar-refractivity contribution in [1.82, 2.24) is 4.90 Å². The van der Waals surface area contributed by atoms with Gasteiger partial charge in [0.1, 0.15) is 11.9 Å². The summed E-state index contributed by atoms with van der Waals surface area (Å²) in [5.74, 6) is -1.40. The minimum absolute atomic E-state index is 0.0158. The van der Waals surface area contributed by atoms with Gasteiger partial charge < -0.3 is 9.64 Å². The van der Waals surface area contributed by atoms with Crippen LogP contribution in [0.1, 0.15) is 13.8 Å². The number of hydrogen-bond acceptors (Lipinski definition) is 3. The largest absolute Gasteiger partial charge is 0.483 e. The first kappa shape index (κ1) is 13.8.